The second-order valence-electron chi connectivity index (χ2n) is 4.93. The third-order valence-corrected chi connectivity index (χ3v) is 2.67. The molecular formula is C13H19ClN2O. The number of carbonyl (C=O) groups excluding carboxylic acids is 1. The summed E-state index contributed by atoms with van der Waals surface area (Å²) in [7, 11) is 0. The smallest absolute Gasteiger partial charge is 0.239 e. The predicted molar refractivity (Wildman–Crippen MR) is 71.0 cm³/mol. The van der Waals surface area contributed by atoms with Gasteiger partial charge in [0.25, 0.3) is 0 Å². The fourth-order valence-corrected chi connectivity index (χ4v) is 1.56. The normalized spacial score (nSPS) is 13.2. The van der Waals surface area contributed by atoms with Gasteiger partial charge in [0, 0.05) is 11.1 Å². The summed E-state index contributed by atoms with van der Waals surface area (Å²) in [4.78, 5) is 11.7. The Labute approximate surface area is 107 Å². The molecule has 94 valence electrons. The third-order valence-electron chi connectivity index (χ3n) is 2.42. The molecule has 1 unspecified atom stereocenters. The van der Waals surface area contributed by atoms with Crippen molar-refractivity contribution in [2.24, 2.45) is 5.73 Å². The SMILES string of the molecule is CC(Cc1ccc(Cl)cc1)NC(=O)C(C)(C)N. The van der Waals surface area contributed by atoms with Crippen molar-refractivity contribution in [3.8, 4) is 0 Å². The van der Waals surface area contributed by atoms with Crippen LogP contribution in [0.5, 0.6) is 0 Å². The van der Waals surface area contributed by atoms with E-state index in [-0.39, 0.29) is 11.9 Å². The molecule has 0 saturated heterocycles. The maximum Gasteiger partial charge on any atom is 0.239 e. The van der Waals surface area contributed by atoms with Gasteiger partial charge in [-0.1, -0.05) is 23.7 Å². The number of nitrogens with two attached hydrogens (primary N) is 1. The van der Waals surface area contributed by atoms with Gasteiger partial charge in [0.2, 0.25) is 5.91 Å². The fraction of sp³-hybridized carbons (Fsp3) is 0.462. The van der Waals surface area contributed by atoms with Gasteiger partial charge in [0.15, 0.2) is 0 Å². The molecule has 0 aliphatic carbocycles. The van der Waals surface area contributed by atoms with Crippen molar-refractivity contribution in [2.45, 2.75) is 38.8 Å². The van der Waals surface area contributed by atoms with Crippen molar-refractivity contribution in [3.63, 3.8) is 0 Å². The molecule has 0 saturated carbocycles. The Morgan fingerprint density at radius 2 is 1.94 bits per heavy atom. The average molecular weight is 255 g/mol. The molecule has 17 heavy (non-hydrogen) atoms. The summed E-state index contributed by atoms with van der Waals surface area (Å²) in [5.74, 6) is -0.140. The standard InChI is InChI=1S/C13H19ClN2O/c1-9(16-12(17)13(2,3)15)8-10-4-6-11(14)7-5-10/h4-7,9H,8,15H2,1-3H3,(H,16,17). The van der Waals surface area contributed by atoms with Crippen LogP contribution in [0.25, 0.3) is 0 Å². The lowest BCUT2D eigenvalue weighted by Crippen LogP contribution is -2.51. The number of halogens is 1. The largest absolute Gasteiger partial charge is 0.352 e. The van der Waals surface area contributed by atoms with Crippen LogP contribution in [0.2, 0.25) is 5.02 Å². The third kappa shape index (κ3) is 4.75. The van der Waals surface area contributed by atoms with E-state index >= 15 is 0 Å². The number of carbonyl (C=O) groups is 1. The Hall–Kier alpha value is -1.06. The van der Waals surface area contributed by atoms with Crippen LogP contribution in [-0.4, -0.2) is 17.5 Å². The first-order chi connectivity index (χ1) is 7.79. The zero-order valence-corrected chi connectivity index (χ0v) is 11.2. The molecule has 4 heteroatoms. The Morgan fingerprint density at radius 1 is 1.41 bits per heavy atom. The van der Waals surface area contributed by atoms with Gasteiger partial charge in [0.05, 0.1) is 5.54 Å². The van der Waals surface area contributed by atoms with Gasteiger partial charge in [-0.2, -0.15) is 0 Å². The van der Waals surface area contributed by atoms with Gasteiger partial charge < -0.3 is 11.1 Å². The molecule has 1 amide bonds. The predicted octanol–water partition coefficient (Wildman–Crippen LogP) is 2.12. The quantitative estimate of drug-likeness (QED) is 0.865. The van der Waals surface area contributed by atoms with Crippen LogP contribution >= 0.6 is 11.6 Å². The van der Waals surface area contributed by atoms with E-state index in [2.05, 4.69) is 5.32 Å². The summed E-state index contributed by atoms with van der Waals surface area (Å²) in [5.41, 5.74) is 6.01. The monoisotopic (exact) mass is 254 g/mol. The van der Waals surface area contributed by atoms with Crippen molar-refractivity contribution < 1.29 is 4.79 Å². The number of nitrogens with one attached hydrogen (secondary N) is 1. The lowest BCUT2D eigenvalue weighted by atomic mass is 10.0. The molecule has 1 aromatic carbocycles. The van der Waals surface area contributed by atoms with Crippen molar-refractivity contribution in [1.82, 2.24) is 5.32 Å². The molecule has 0 aromatic heterocycles. The van der Waals surface area contributed by atoms with Crippen molar-refractivity contribution >= 4 is 17.5 Å². The molecule has 1 rings (SSSR count). The molecule has 0 heterocycles. The molecule has 3 nitrogen and oxygen atoms in total. The highest BCUT2D eigenvalue weighted by atomic mass is 35.5. The summed E-state index contributed by atoms with van der Waals surface area (Å²) in [6, 6.07) is 7.65. The zero-order chi connectivity index (χ0) is 13.1. The molecule has 0 fully saturated rings. The lowest BCUT2D eigenvalue weighted by molar-refractivity contribution is -0.125. The maximum absolute atomic E-state index is 11.7. The van der Waals surface area contributed by atoms with E-state index in [4.69, 9.17) is 17.3 Å². The summed E-state index contributed by atoms with van der Waals surface area (Å²) >= 11 is 5.81. The number of hydrogen-bond donors (Lipinski definition) is 2. The van der Waals surface area contributed by atoms with Gasteiger partial charge >= 0.3 is 0 Å². The second-order valence-corrected chi connectivity index (χ2v) is 5.36. The van der Waals surface area contributed by atoms with Crippen molar-refractivity contribution in [2.75, 3.05) is 0 Å². The maximum atomic E-state index is 11.7. The molecule has 1 atom stereocenters. The number of benzene rings is 1. The molecule has 1 aromatic rings. The summed E-state index contributed by atoms with van der Waals surface area (Å²) < 4.78 is 0. The first kappa shape index (κ1) is 14.0. The molecular weight excluding hydrogens is 236 g/mol. The van der Waals surface area contributed by atoms with Crippen molar-refractivity contribution in [1.29, 1.82) is 0 Å². The van der Waals surface area contributed by atoms with Crippen LogP contribution in [0.3, 0.4) is 0 Å². The van der Waals surface area contributed by atoms with Crippen LogP contribution in [0.15, 0.2) is 24.3 Å². The van der Waals surface area contributed by atoms with Gasteiger partial charge in [-0.15, -0.1) is 0 Å². The molecule has 0 aliphatic heterocycles. The molecule has 0 spiro atoms. The zero-order valence-electron chi connectivity index (χ0n) is 10.5. The highest BCUT2D eigenvalue weighted by molar-refractivity contribution is 6.30. The minimum Gasteiger partial charge on any atom is -0.352 e. The van der Waals surface area contributed by atoms with Crippen LogP contribution in [0.4, 0.5) is 0 Å². The van der Waals surface area contributed by atoms with E-state index in [1.165, 1.54) is 0 Å². The lowest BCUT2D eigenvalue weighted by Gasteiger charge is -2.21. The minimum atomic E-state index is -0.839. The first-order valence-corrected chi connectivity index (χ1v) is 6.01. The minimum absolute atomic E-state index is 0.0477. The van der Waals surface area contributed by atoms with Gasteiger partial charge in [-0.25, -0.2) is 0 Å². The van der Waals surface area contributed by atoms with E-state index in [0.29, 0.717) is 5.02 Å². The highest BCUT2D eigenvalue weighted by Gasteiger charge is 2.22. The van der Waals surface area contributed by atoms with E-state index in [9.17, 15) is 4.79 Å². The molecule has 0 aliphatic rings. The highest BCUT2D eigenvalue weighted by Crippen LogP contribution is 2.11. The molecule has 0 radical (unpaired) electrons. The van der Waals surface area contributed by atoms with E-state index < -0.39 is 5.54 Å². The Bertz CT molecular complexity index is 381. The van der Waals surface area contributed by atoms with Gasteiger partial charge in [-0.3, -0.25) is 4.79 Å². The number of hydrogen-bond acceptors (Lipinski definition) is 2. The second kappa shape index (κ2) is 5.52. The van der Waals surface area contributed by atoms with Crippen LogP contribution < -0.4 is 11.1 Å². The van der Waals surface area contributed by atoms with Crippen LogP contribution in [-0.2, 0) is 11.2 Å². The van der Waals surface area contributed by atoms with Gasteiger partial charge in [0.1, 0.15) is 0 Å². The summed E-state index contributed by atoms with van der Waals surface area (Å²) in [6.45, 7) is 5.34. The van der Waals surface area contributed by atoms with E-state index in [0.717, 1.165) is 12.0 Å². The Balaban J connectivity index is 2.53. The number of rotatable bonds is 4. The molecule has 3 N–H and O–H groups in total. The van der Waals surface area contributed by atoms with E-state index in [1.807, 2.05) is 31.2 Å². The first-order valence-electron chi connectivity index (χ1n) is 5.63. The Morgan fingerprint density at radius 3 is 2.41 bits per heavy atom. The van der Waals surface area contributed by atoms with Gasteiger partial charge in [-0.05, 0) is 44.9 Å². The van der Waals surface area contributed by atoms with E-state index in [1.54, 1.807) is 13.8 Å². The summed E-state index contributed by atoms with van der Waals surface area (Å²) in [6.07, 6.45) is 0.763. The number of amides is 1. The Kier molecular flexibility index (Phi) is 4.54. The fourth-order valence-electron chi connectivity index (χ4n) is 1.43. The topological polar surface area (TPSA) is 55.1 Å². The molecule has 0 bridgehead atoms. The van der Waals surface area contributed by atoms with Crippen molar-refractivity contribution in [3.05, 3.63) is 34.9 Å². The van der Waals surface area contributed by atoms with Crippen LogP contribution in [0, 0.1) is 0 Å². The average Bonchev–Trinajstić information content (AvgIpc) is 2.20. The van der Waals surface area contributed by atoms with Crippen LogP contribution in [0.1, 0.15) is 26.3 Å². The summed E-state index contributed by atoms with van der Waals surface area (Å²) in [5, 5.41) is 3.60.